The van der Waals surface area contributed by atoms with Crippen molar-refractivity contribution in [3.05, 3.63) is 0 Å². The van der Waals surface area contributed by atoms with Crippen LogP contribution >= 0.6 is 0 Å². The Bertz CT molecular complexity index is 192. The van der Waals surface area contributed by atoms with Crippen molar-refractivity contribution < 1.29 is 9.53 Å². The Kier molecular flexibility index (Phi) is 4.55. The van der Waals surface area contributed by atoms with Gasteiger partial charge in [-0.05, 0) is 19.4 Å². The summed E-state index contributed by atoms with van der Waals surface area (Å²) in [4.78, 5) is 13.7. The van der Waals surface area contributed by atoms with Gasteiger partial charge in [0.25, 0.3) is 0 Å². The predicted molar refractivity (Wildman–Crippen MR) is 56.3 cm³/mol. The van der Waals surface area contributed by atoms with Crippen LogP contribution in [0.5, 0.6) is 0 Å². The molecule has 1 aliphatic heterocycles. The maximum Gasteiger partial charge on any atom is 0.149 e. The Morgan fingerprint density at radius 1 is 1.57 bits per heavy atom. The SMILES string of the molecule is COC1CCCN(CC(=O)C(C)C)C1. The summed E-state index contributed by atoms with van der Waals surface area (Å²) in [5.74, 6) is 0.486. The van der Waals surface area contributed by atoms with Crippen LogP contribution in [0.1, 0.15) is 26.7 Å². The zero-order valence-electron chi connectivity index (χ0n) is 9.45. The van der Waals surface area contributed by atoms with Gasteiger partial charge in [-0.1, -0.05) is 13.8 Å². The van der Waals surface area contributed by atoms with E-state index in [0.29, 0.717) is 18.4 Å². The second-order valence-corrected chi connectivity index (χ2v) is 4.36. The quantitative estimate of drug-likeness (QED) is 0.684. The van der Waals surface area contributed by atoms with Crippen LogP contribution in [0.4, 0.5) is 0 Å². The number of piperidine rings is 1. The van der Waals surface area contributed by atoms with Gasteiger partial charge in [-0.2, -0.15) is 0 Å². The molecule has 3 nitrogen and oxygen atoms in total. The third-order valence-electron chi connectivity index (χ3n) is 2.82. The van der Waals surface area contributed by atoms with Gasteiger partial charge in [-0.25, -0.2) is 0 Å². The van der Waals surface area contributed by atoms with Crippen molar-refractivity contribution in [1.29, 1.82) is 0 Å². The second kappa shape index (κ2) is 5.47. The maximum absolute atomic E-state index is 11.5. The number of hydrogen-bond acceptors (Lipinski definition) is 3. The van der Waals surface area contributed by atoms with Crippen molar-refractivity contribution in [3.63, 3.8) is 0 Å². The van der Waals surface area contributed by atoms with E-state index in [-0.39, 0.29) is 5.92 Å². The fraction of sp³-hybridized carbons (Fsp3) is 0.909. The number of ketones is 1. The number of hydrogen-bond donors (Lipinski definition) is 0. The number of Topliss-reactive ketones (excluding diaryl/α,β-unsaturated/α-hetero) is 1. The summed E-state index contributed by atoms with van der Waals surface area (Å²) in [6.45, 7) is 6.46. The highest BCUT2D eigenvalue weighted by Crippen LogP contribution is 2.12. The van der Waals surface area contributed by atoms with E-state index < -0.39 is 0 Å². The van der Waals surface area contributed by atoms with Crippen LogP contribution in [-0.4, -0.2) is 43.5 Å². The molecular weight excluding hydrogens is 178 g/mol. The lowest BCUT2D eigenvalue weighted by molar-refractivity contribution is -0.123. The van der Waals surface area contributed by atoms with Gasteiger partial charge in [-0.3, -0.25) is 9.69 Å². The van der Waals surface area contributed by atoms with Crippen LogP contribution in [0.3, 0.4) is 0 Å². The Morgan fingerprint density at radius 3 is 2.86 bits per heavy atom. The summed E-state index contributed by atoms with van der Waals surface area (Å²) in [5, 5.41) is 0. The summed E-state index contributed by atoms with van der Waals surface area (Å²) in [6, 6.07) is 0. The topological polar surface area (TPSA) is 29.5 Å². The van der Waals surface area contributed by atoms with Crippen molar-refractivity contribution in [3.8, 4) is 0 Å². The lowest BCUT2D eigenvalue weighted by Gasteiger charge is -2.31. The summed E-state index contributed by atoms with van der Waals surface area (Å²) in [5.41, 5.74) is 0. The van der Waals surface area contributed by atoms with E-state index in [9.17, 15) is 4.79 Å². The zero-order valence-corrected chi connectivity index (χ0v) is 9.45. The Morgan fingerprint density at radius 2 is 2.29 bits per heavy atom. The summed E-state index contributed by atoms with van der Waals surface area (Å²) in [6.07, 6.45) is 2.59. The predicted octanol–water partition coefficient (Wildman–Crippen LogP) is 1.32. The zero-order chi connectivity index (χ0) is 10.6. The van der Waals surface area contributed by atoms with Crippen molar-refractivity contribution in [2.45, 2.75) is 32.8 Å². The third kappa shape index (κ3) is 3.39. The number of likely N-dealkylation sites (tertiary alicyclic amines) is 1. The number of carbonyl (C=O) groups excluding carboxylic acids is 1. The van der Waals surface area contributed by atoms with Crippen molar-refractivity contribution in [2.75, 3.05) is 26.7 Å². The molecule has 1 saturated heterocycles. The molecule has 0 aromatic rings. The van der Waals surface area contributed by atoms with E-state index in [1.165, 1.54) is 0 Å². The molecule has 0 aromatic carbocycles. The Hall–Kier alpha value is -0.410. The molecule has 82 valence electrons. The average Bonchev–Trinajstić information content (AvgIpc) is 2.18. The van der Waals surface area contributed by atoms with Crippen LogP contribution in [0.25, 0.3) is 0 Å². The van der Waals surface area contributed by atoms with Gasteiger partial charge in [0, 0.05) is 19.6 Å². The van der Waals surface area contributed by atoms with E-state index in [0.717, 1.165) is 25.9 Å². The van der Waals surface area contributed by atoms with E-state index in [4.69, 9.17) is 4.74 Å². The highest BCUT2D eigenvalue weighted by Gasteiger charge is 2.21. The van der Waals surface area contributed by atoms with E-state index in [1.54, 1.807) is 7.11 Å². The number of ether oxygens (including phenoxy) is 1. The van der Waals surface area contributed by atoms with E-state index in [1.807, 2.05) is 13.8 Å². The van der Waals surface area contributed by atoms with Gasteiger partial charge in [-0.15, -0.1) is 0 Å². The number of rotatable bonds is 4. The molecule has 1 fully saturated rings. The summed E-state index contributed by atoms with van der Waals surface area (Å²) in [7, 11) is 1.75. The molecule has 0 aromatic heterocycles. The molecule has 0 aliphatic carbocycles. The first-order chi connectivity index (χ1) is 6.63. The van der Waals surface area contributed by atoms with Crippen molar-refractivity contribution in [1.82, 2.24) is 4.90 Å². The molecule has 1 aliphatic rings. The molecular formula is C11H21NO2. The van der Waals surface area contributed by atoms with Gasteiger partial charge < -0.3 is 4.74 Å². The maximum atomic E-state index is 11.5. The Balaban J connectivity index is 2.34. The number of carbonyl (C=O) groups is 1. The molecule has 0 amide bonds. The molecule has 1 heterocycles. The molecule has 14 heavy (non-hydrogen) atoms. The fourth-order valence-corrected chi connectivity index (χ4v) is 1.75. The lowest BCUT2D eigenvalue weighted by Crippen LogP contribution is -2.42. The molecule has 0 spiro atoms. The standard InChI is InChI=1S/C11H21NO2/c1-9(2)11(13)8-12-6-4-5-10(7-12)14-3/h9-10H,4-8H2,1-3H3. The molecule has 1 unspecified atom stereocenters. The monoisotopic (exact) mass is 199 g/mol. The number of methoxy groups -OCH3 is 1. The Labute approximate surface area is 86.4 Å². The van der Waals surface area contributed by atoms with E-state index in [2.05, 4.69) is 4.90 Å². The smallest absolute Gasteiger partial charge is 0.149 e. The van der Waals surface area contributed by atoms with Crippen LogP contribution < -0.4 is 0 Å². The summed E-state index contributed by atoms with van der Waals surface area (Å²) < 4.78 is 5.31. The van der Waals surface area contributed by atoms with Gasteiger partial charge in [0.15, 0.2) is 0 Å². The average molecular weight is 199 g/mol. The number of nitrogens with zero attached hydrogens (tertiary/aromatic N) is 1. The van der Waals surface area contributed by atoms with Gasteiger partial charge >= 0.3 is 0 Å². The minimum Gasteiger partial charge on any atom is -0.380 e. The third-order valence-corrected chi connectivity index (χ3v) is 2.82. The van der Waals surface area contributed by atoms with Gasteiger partial charge in [0.2, 0.25) is 0 Å². The molecule has 1 atom stereocenters. The minimum absolute atomic E-state index is 0.151. The highest BCUT2D eigenvalue weighted by atomic mass is 16.5. The largest absolute Gasteiger partial charge is 0.380 e. The molecule has 1 rings (SSSR count). The lowest BCUT2D eigenvalue weighted by atomic mass is 10.1. The molecule has 0 bridgehead atoms. The van der Waals surface area contributed by atoms with Crippen molar-refractivity contribution in [2.24, 2.45) is 5.92 Å². The first-order valence-electron chi connectivity index (χ1n) is 5.41. The molecule has 0 radical (unpaired) electrons. The van der Waals surface area contributed by atoms with E-state index >= 15 is 0 Å². The van der Waals surface area contributed by atoms with Gasteiger partial charge in [0.1, 0.15) is 5.78 Å². The highest BCUT2D eigenvalue weighted by molar-refractivity contribution is 5.82. The normalized spacial score (nSPS) is 24.1. The summed E-state index contributed by atoms with van der Waals surface area (Å²) >= 11 is 0. The first-order valence-corrected chi connectivity index (χ1v) is 5.41. The molecule has 0 saturated carbocycles. The molecule has 3 heteroatoms. The minimum atomic E-state index is 0.151. The van der Waals surface area contributed by atoms with Crippen LogP contribution in [0, 0.1) is 5.92 Å². The first kappa shape index (κ1) is 11.7. The second-order valence-electron chi connectivity index (χ2n) is 4.36. The van der Waals surface area contributed by atoms with Crippen molar-refractivity contribution >= 4 is 5.78 Å². The van der Waals surface area contributed by atoms with Crippen LogP contribution in [-0.2, 0) is 9.53 Å². The van der Waals surface area contributed by atoms with Gasteiger partial charge in [0.05, 0.1) is 12.6 Å². The van der Waals surface area contributed by atoms with Crippen LogP contribution in [0.15, 0.2) is 0 Å². The molecule has 0 N–H and O–H groups in total. The van der Waals surface area contributed by atoms with Crippen LogP contribution in [0.2, 0.25) is 0 Å². The fourth-order valence-electron chi connectivity index (χ4n) is 1.75.